The van der Waals surface area contributed by atoms with Crippen molar-refractivity contribution in [1.82, 2.24) is 15.3 Å². The molecule has 0 aliphatic heterocycles. The smallest absolute Gasteiger partial charge is 0.260 e. The Morgan fingerprint density at radius 2 is 2.18 bits per heavy atom. The minimum Gasteiger partial charge on any atom is -0.479 e. The number of hydrogen-bond acceptors (Lipinski definition) is 10. The van der Waals surface area contributed by atoms with E-state index < -0.39 is 5.91 Å². The summed E-state index contributed by atoms with van der Waals surface area (Å²) in [5, 5.41) is 22.6. The van der Waals surface area contributed by atoms with Crippen LogP contribution in [0.2, 0.25) is 0 Å². The number of hydrogen-bond donors (Lipinski definition) is 3. The molecule has 10 nitrogen and oxygen atoms in total. The largest absolute Gasteiger partial charge is 0.479 e. The van der Waals surface area contributed by atoms with E-state index in [1.54, 1.807) is 14.2 Å². The normalized spacial score (nSPS) is 11.0. The van der Waals surface area contributed by atoms with Crippen molar-refractivity contribution in [2.24, 2.45) is 0 Å². The van der Waals surface area contributed by atoms with Gasteiger partial charge in [-0.1, -0.05) is 11.3 Å². The Kier molecular flexibility index (Phi) is 7.25. The average Bonchev–Trinajstić information content (AvgIpc) is 3.11. The Bertz CT molecular complexity index is 948. The molecule has 28 heavy (non-hydrogen) atoms. The molecular formula is C17H21N7O3S. The molecule has 148 valence electrons. The van der Waals surface area contributed by atoms with Gasteiger partial charge in [0.05, 0.1) is 29.7 Å². The second-order valence-electron chi connectivity index (χ2n) is 5.53. The molecule has 0 radical (unpaired) electrons. The number of thiazole rings is 1. The number of aromatic nitrogens is 2. The van der Waals surface area contributed by atoms with E-state index in [-0.39, 0.29) is 17.1 Å². The van der Waals surface area contributed by atoms with Crippen LogP contribution in [0, 0.1) is 16.7 Å². The van der Waals surface area contributed by atoms with Crippen molar-refractivity contribution in [3.8, 4) is 11.9 Å². The van der Waals surface area contributed by atoms with Gasteiger partial charge in [-0.25, -0.2) is 4.98 Å². The van der Waals surface area contributed by atoms with Crippen molar-refractivity contribution < 1.29 is 14.3 Å². The molecule has 0 saturated heterocycles. The second kappa shape index (κ2) is 9.63. The molecule has 2 aromatic rings. The zero-order valence-electron chi connectivity index (χ0n) is 16.0. The van der Waals surface area contributed by atoms with Gasteiger partial charge in [-0.3, -0.25) is 10.1 Å². The summed E-state index contributed by atoms with van der Waals surface area (Å²) in [6.07, 6.45) is 2.36. The molecular weight excluding hydrogens is 382 g/mol. The Labute approximate surface area is 166 Å². The number of ether oxygens (including phenoxy) is 2. The molecule has 2 aromatic heterocycles. The summed E-state index contributed by atoms with van der Waals surface area (Å²) in [5.41, 5.74) is 1.36. The summed E-state index contributed by atoms with van der Waals surface area (Å²) in [7, 11) is 6.50. The number of nitrogens with zero attached hydrogens (tertiary/aromatic N) is 4. The Balaban J connectivity index is 2.55. The zero-order valence-corrected chi connectivity index (χ0v) is 16.8. The summed E-state index contributed by atoms with van der Waals surface area (Å²) in [6, 6.07) is 2.08. The number of carbonyl (C=O) groups is 1. The van der Waals surface area contributed by atoms with Crippen LogP contribution in [0.5, 0.6) is 5.88 Å². The van der Waals surface area contributed by atoms with E-state index in [0.29, 0.717) is 34.2 Å². The summed E-state index contributed by atoms with van der Waals surface area (Å²) < 4.78 is 11.1. The lowest BCUT2D eigenvalue weighted by atomic mass is 10.2. The van der Waals surface area contributed by atoms with Gasteiger partial charge in [0.1, 0.15) is 11.6 Å². The number of fused-ring (bicyclic) bond motifs is 1. The highest BCUT2D eigenvalue weighted by Crippen LogP contribution is 2.39. The van der Waals surface area contributed by atoms with Gasteiger partial charge in [-0.05, 0) is 0 Å². The first-order chi connectivity index (χ1) is 13.5. The number of anilines is 2. The molecule has 3 N–H and O–H groups in total. The third-order valence-electron chi connectivity index (χ3n) is 3.73. The van der Waals surface area contributed by atoms with Gasteiger partial charge in [0.25, 0.3) is 5.91 Å². The standard InChI is InChI=1S/C17H21N7O3S/c1-20-9-10(7-18)15(25)23-17-22-12-14(28-17)13(24(2)5-6-26-3)11(8-19)21-16(12)27-4/h7,9,18,20H,5-6H2,1-4H3,(H,22,23,25)/b10-9+,18-7?. The molecule has 1 amide bonds. The lowest BCUT2D eigenvalue weighted by Gasteiger charge is -2.20. The van der Waals surface area contributed by atoms with Crippen molar-refractivity contribution in [2.75, 3.05) is 51.7 Å². The van der Waals surface area contributed by atoms with E-state index in [0.717, 1.165) is 6.21 Å². The third-order valence-corrected chi connectivity index (χ3v) is 4.71. The molecule has 0 aromatic carbocycles. The summed E-state index contributed by atoms with van der Waals surface area (Å²) in [6.45, 7) is 1.01. The number of carbonyl (C=O) groups excluding carboxylic acids is 1. The van der Waals surface area contributed by atoms with Crippen molar-refractivity contribution in [1.29, 1.82) is 10.7 Å². The SMILES string of the molecule is CN/C=C(\C=N)C(=O)Nc1nc2c(OC)nc(C#N)c(N(C)CCOC)c2s1. The summed E-state index contributed by atoms with van der Waals surface area (Å²) in [5.74, 6) is -0.282. The number of methoxy groups -OCH3 is 2. The van der Waals surface area contributed by atoms with E-state index in [2.05, 4.69) is 26.7 Å². The minimum absolute atomic E-state index is 0.141. The highest BCUT2D eigenvalue weighted by atomic mass is 32.1. The van der Waals surface area contributed by atoms with Gasteiger partial charge in [0, 0.05) is 40.2 Å². The van der Waals surface area contributed by atoms with Gasteiger partial charge >= 0.3 is 0 Å². The Morgan fingerprint density at radius 1 is 1.43 bits per heavy atom. The molecule has 0 aliphatic rings. The summed E-state index contributed by atoms with van der Waals surface area (Å²) >= 11 is 1.20. The molecule has 0 fully saturated rings. The maximum Gasteiger partial charge on any atom is 0.260 e. The van der Waals surface area contributed by atoms with Crippen LogP contribution < -0.4 is 20.3 Å². The van der Waals surface area contributed by atoms with Crippen LogP contribution in [0.1, 0.15) is 5.69 Å². The maximum absolute atomic E-state index is 12.3. The van der Waals surface area contributed by atoms with Crippen molar-refractivity contribution >= 4 is 44.5 Å². The number of nitriles is 1. The van der Waals surface area contributed by atoms with Crippen molar-refractivity contribution in [3.05, 3.63) is 17.5 Å². The quantitative estimate of drug-likeness (QED) is 0.421. The first-order valence-electron chi connectivity index (χ1n) is 8.18. The highest BCUT2D eigenvalue weighted by molar-refractivity contribution is 7.23. The predicted octanol–water partition coefficient (Wildman–Crippen LogP) is 1.35. The van der Waals surface area contributed by atoms with E-state index in [1.807, 2.05) is 11.9 Å². The molecule has 2 heterocycles. The van der Waals surface area contributed by atoms with E-state index in [9.17, 15) is 10.1 Å². The molecule has 0 atom stereocenters. The van der Waals surface area contributed by atoms with Crippen LogP contribution in [-0.2, 0) is 9.53 Å². The van der Waals surface area contributed by atoms with Crippen LogP contribution in [0.15, 0.2) is 11.8 Å². The monoisotopic (exact) mass is 403 g/mol. The van der Waals surface area contributed by atoms with Gasteiger partial charge in [-0.15, -0.1) is 0 Å². The Morgan fingerprint density at radius 3 is 2.75 bits per heavy atom. The van der Waals surface area contributed by atoms with Crippen molar-refractivity contribution in [2.45, 2.75) is 0 Å². The topological polar surface area (TPSA) is 136 Å². The molecule has 0 saturated carbocycles. The minimum atomic E-state index is -0.481. The van der Waals surface area contributed by atoms with Crippen LogP contribution in [-0.4, -0.2) is 63.6 Å². The lowest BCUT2D eigenvalue weighted by Crippen LogP contribution is -2.23. The van der Waals surface area contributed by atoms with Gasteiger partial charge in [-0.2, -0.15) is 10.2 Å². The van der Waals surface area contributed by atoms with Crippen LogP contribution in [0.25, 0.3) is 10.2 Å². The zero-order chi connectivity index (χ0) is 20.7. The third kappa shape index (κ3) is 4.36. The lowest BCUT2D eigenvalue weighted by molar-refractivity contribution is -0.112. The average molecular weight is 403 g/mol. The van der Waals surface area contributed by atoms with Gasteiger partial charge in [0.2, 0.25) is 5.88 Å². The number of pyridine rings is 1. The molecule has 0 spiro atoms. The molecule has 11 heteroatoms. The molecule has 2 rings (SSSR count). The Hall–Kier alpha value is -3.23. The first kappa shape index (κ1) is 21.1. The van der Waals surface area contributed by atoms with Crippen LogP contribution in [0.4, 0.5) is 10.8 Å². The predicted molar refractivity (Wildman–Crippen MR) is 108 cm³/mol. The van der Waals surface area contributed by atoms with Gasteiger partial charge in [0.15, 0.2) is 10.8 Å². The number of likely N-dealkylation sites (N-methyl/N-ethyl adjacent to an activating group) is 1. The fraction of sp³-hybridized carbons (Fsp3) is 0.353. The number of rotatable bonds is 9. The van der Waals surface area contributed by atoms with Gasteiger partial charge < -0.3 is 25.1 Å². The first-order valence-corrected chi connectivity index (χ1v) is 9.00. The van der Waals surface area contributed by atoms with Crippen molar-refractivity contribution in [3.63, 3.8) is 0 Å². The van der Waals surface area contributed by atoms with E-state index >= 15 is 0 Å². The fourth-order valence-corrected chi connectivity index (χ4v) is 3.46. The van der Waals surface area contributed by atoms with E-state index in [4.69, 9.17) is 14.9 Å². The number of amides is 1. The fourth-order valence-electron chi connectivity index (χ4n) is 2.41. The van der Waals surface area contributed by atoms with E-state index in [1.165, 1.54) is 24.6 Å². The maximum atomic E-state index is 12.3. The van der Waals surface area contributed by atoms with Crippen LogP contribution in [0.3, 0.4) is 0 Å². The second-order valence-corrected chi connectivity index (χ2v) is 6.53. The molecule has 0 unspecified atom stereocenters. The summed E-state index contributed by atoms with van der Waals surface area (Å²) in [4.78, 5) is 22.8. The molecule has 0 bridgehead atoms. The molecule has 0 aliphatic carbocycles. The highest BCUT2D eigenvalue weighted by Gasteiger charge is 2.22. The van der Waals surface area contributed by atoms with Crippen LogP contribution >= 0.6 is 11.3 Å². The number of nitrogens with one attached hydrogen (secondary N) is 3.